The van der Waals surface area contributed by atoms with Gasteiger partial charge in [0, 0.05) is 47.2 Å². The van der Waals surface area contributed by atoms with E-state index in [-0.39, 0.29) is 0 Å². The number of nitrogens with zero attached hydrogens (tertiary/aromatic N) is 6. The zero-order valence-corrected chi connectivity index (χ0v) is 18.9. The highest BCUT2D eigenvalue weighted by Crippen LogP contribution is 2.31. The van der Waals surface area contributed by atoms with Crippen molar-refractivity contribution >= 4 is 27.9 Å². The summed E-state index contributed by atoms with van der Waals surface area (Å²) in [7, 11) is 0. The molecule has 0 fully saturated rings. The van der Waals surface area contributed by atoms with Crippen molar-refractivity contribution in [1.29, 1.82) is 0 Å². The molecule has 3 N–H and O–H groups in total. The molecule has 0 saturated heterocycles. The van der Waals surface area contributed by atoms with Crippen molar-refractivity contribution in [2.75, 3.05) is 5.32 Å². The Bertz CT molecular complexity index is 1680. The van der Waals surface area contributed by atoms with Gasteiger partial charge in [-0.05, 0) is 36.8 Å². The number of hydrogen-bond acceptors (Lipinski definition) is 7. The van der Waals surface area contributed by atoms with Crippen LogP contribution in [-0.2, 0) is 0 Å². The minimum atomic E-state index is 0.601. The van der Waals surface area contributed by atoms with Crippen molar-refractivity contribution in [2.45, 2.75) is 13.3 Å². The molecule has 0 aliphatic rings. The van der Waals surface area contributed by atoms with Crippen LogP contribution in [0, 0.1) is 0 Å². The minimum absolute atomic E-state index is 0.601. The number of H-pyrrole nitrogens is 2. The highest BCUT2D eigenvalue weighted by atomic mass is 15.2. The number of allylic oxidation sites excluding steroid dienone is 1. The van der Waals surface area contributed by atoms with Crippen molar-refractivity contribution in [3.63, 3.8) is 0 Å². The molecule has 0 aliphatic carbocycles. The summed E-state index contributed by atoms with van der Waals surface area (Å²) in [6, 6.07) is 11.8. The molecule has 6 aromatic heterocycles. The molecule has 6 aromatic rings. The van der Waals surface area contributed by atoms with Crippen LogP contribution in [0.25, 0.3) is 56.1 Å². The average molecular weight is 460 g/mol. The van der Waals surface area contributed by atoms with E-state index in [4.69, 9.17) is 4.98 Å². The Hall–Kier alpha value is -4.92. The lowest BCUT2D eigenvalue weighted by atomic mass is 10.1. The summed E-state index contributed by atoms with van der Waals surface area (Å²) in [5.74, 6) is 0.630. The quantitative estimate of drug-likeness (QED) is 0.307. The fourth-order valence-corrected chi connectivity index (χ4v) is 3.96. The first-order valence-electron chi connectivity index (χ1n) is 11.2. The molecule has 9 heteroatoms. The Kier molecular flexibility index (Phi) is 4.99. The summed E-state index contributed by atoms with van der Waals surface area (Å²) in [4.78, 5) is 26.0. The van der Waals surface area contributed by atoms with Gasteiger partial charge in [-0.15, -0.1) is 0 Å². The molecular weight excluding hydrogens is 438 g/mol. The van der Waals surface area contributed by atoms with Gasteiger partial charge < -0.3 is 10.3 Å². The van der Waals surface area contributed by atoms with E-state index >= 15 is 0 Å². The second-order valence-corrected chi connectivity index (χ2v) is 8.10. The Labute approximate surface area is 200 Å². The van der Waals surface area contributed by atoms with E-state index in [0.717, 1.165) is 56.8 Å². The van der Waals surface area contributed by atoms with Gasteiger partial charge in [-0.25, -0.2) is 15.0 Å². The third-order valence-electron chi connectivity index (χ3n) is 5.80. The van der Waals surface area contributed by atoms with Crippen LogP contribution in [0.1, 0.15) is 13.3 Å². The summed E-state index contributed by atoms with van der Waals surface area (Å²) in [6.07, 6.45) is 9.73. The highest BCUT2D eigenvalue weighted by Gasteiger charge is 2.17. The largest absolute Gasteiger partial charge is 0.358 e. The fourth-order valence-electron chi connectivity index (χ4n) is 3.96. The number of nitrogens with one attached hydrogen (secondary N) is 3. The lowest BCUT2D eigenvalue weighted by molar-refractivity contribution is 1.09. The summed E-state index contributed by atoms with van der Waals surface area (Å²) in [5.41, 5.74) is 8.20. The zero-order chi connectivity index (χ0) is 23.8. The molecule has 0 bridgehead atoms. The van der Waals surface area contributed by atoms with E-state index in [1.807, 2.05) is 42.6 Å². The molecule has 0 aliphatic heterocycles. The summed E-state index contributed by atoms with van der Waals surface area (Å²) in [5, 5.41) is 11.6. The van der Waals surface area contributed by atoms with Gasteiger partial charge in [0.05, 0.1) is 28.5 Å². The second kappa shape index (κ2) is 8.45. The van der Waals surface area contributed by atoms with Gasteiger partial charge in [0.25, 0.3) is 0 Å². The van der Waals surface area contributed by atoms with Gasteiger partial charge >= 0.3 is 0 Å². The Morgan fingerprint density at radius 3 is 2.74 bits per heavy atom. The van der Waals surface area contributed by atoms with Crippen molar-refractivity contribution < 1.29 is 0 Å². The molecule has 6 rings (SSSR count). The van der Waals surface area contributed by atoms with E-state index < -0.39 is 0 Å². The molecule has 0 radical (unpaired) electrons. The lowest BCUT2D eigenvalue weighted by Crippen LogP contribution is -1.97. The van der Waals surface area contributed by atoms with Crippen LogP contribution >= 0.6 is 0 Å². The topological polar surface area (TPSA) is 121 Å². The standard InChI is InChI=1S/C26H21N9/c1-3-15(2)31-18-10-16(12-27-14-18)17-11-20-23(34-35-24(20)30-13-17)26-32-22-19(7-9-29-25(22)33-26)21-6-4-5-8-28-21/h4-14,31H,2-3H2,1H3,(H,29,32,33)(H,30,34,35). The smallest absolute Gasteiger partial charge is 0.181 e. The maximum atomic E-state index is 4.72. The monoisotopic (exact) mass is 459 g/mol. The summed E-state index contributed by atoms with van der Waals surface area (Å²) < 4.78 is 0. The molecular formula is C26H21N9. The molecule has 35 heavy (non-hydrogen) atoms. The number of fused-ring (bicyclic) bond motifs is 2. The molecule has 9 nitrogen and oxygen atoms in total. The first-order valence-corrected chi connectivity index (χ1v) is 11.2. The van der Waals surface area contributed by atoms with Crippen LogP contribution in [0.5, 0.6) is 0 Å². The fraction of sp³-hybridized carbons (Fsp3) is 0.0769. The molecule has 0 spiro atoms. The van der Waals surface area contributed by atoms with E-state index in [0.29, 0.717) is 17.1 Å². The molecule has 6 heterocycles. The second-order valence-electron chi connectivity index (χ2n) is 8.10. The van der Waals surface area contributed by atoms with Crippen molar-refractivity contribution in [2.24, 2.45) is 0 Å². The number of aromatic nitrogens is 8. The lowest BCUT2D eigenvalue weighted by Gasteiger charge is -2.09. The SMILES string of the molecule is C=C(CC)Nc1cncc(-c2cnc3n[nH]c(-c4nc5nccc(-c6ccccn6)c5[nH]4)c3c2)c1. The van der Waals surface area contributed by atoms with E-state index in [1.165, 1.54) is 0 Å². The van der Waals surface area contributed by atoms with Crippen LogP contribution < -0.4 is 5.32 Å². The number of imidazole rings is 1. The predicted octanol–water partition coefficient (Wildman–Crippen LogP) is 5.36. The number of hydrogen-bond donors (Lipinski definition) is 3. The Morgan fingerprint density at radius 2 is 1.89 bits per heavy atom. The Balaban J connectivity index is 1.43. The van der Waals surface area contributed by atoms with Crippen LogP contribution in [-0.4, -0.2) is 40.1 Å². The van der Waals surface area contributed by atoms with Crippen LogP contribution in [0.3, 0.4) is 0 Å². The molecule has 0 amide bonds. The zero-order valence-electron chi connectivity index (χ0n) is 18.9. The van der Waals surface area contributed by atoms with Gasteiger partial charge in [-0.2, -0.15) is 5.10 Å². The van der Waals surface area contributed by atoms with E-state index in [2.05, 4.69) is 53.9 Å². The maximum Gasteiger partial charge on any atom is 0.181 e. The first kappa shape index (κ1) is 20.7. The number of pyridine rings is 4. The van der Waals surface area contributed by atoms with Crippen LogP contribution in [0.2, 0.25) is 0 Å². The number of aromatic amines is 2. The van der Waals surface area contributed by atoms with Gasteiger partial charge in [0.1, 0.15) is 5.69 Å². The number of rotatable bonds is 6. The van der Waals surface area contributed by atoms with Crippen molar-refractivity contribution in [1.82, 2.24) is 40.1 Å². The minimum Gasteiger partial charge on any atom is -0.358 e. The van der Waals surface area contributed by atoms with Crippen molar-refractivity contribution in [3.05, 3.63) is 79.7 Å². The highest BCUT2D eigenvalue weighted by molar-refractivity contribution is 5.95. The van der Waals surface area contributed by atoms with Crippen LogP contribution in [0.15, 0.2) is 79.7 Å². The molecule has 0 saturated carbocycles. The van der Waals surface area contributed by atoms with Crippen LogP contribution in [0.4, 0.5) is 5.69 Å². The van der Waals surface area contributed by atoms with Gasteiger partial charge in [-0.1, -0.05) is 19.6 Å². The Morgan fingerprint density at radius 1 is 0.971 bits per heavy atom. The number of anilines is 1. The molecule has 0 unspecified atom stereocenters. The summed E-state index contributed by atoms with van der Waals surface area (Å²) in [6.45, 7) is 6.06. The summed E-state index contributed by atoms with van der Waals surface area (Å²) >= 11 is 0. The van der Waals surface area contributed by atoms with Gasteiger partial charge in [-0.3, -0.25) is 15.1 Å². The first-order chi connectivity index (χ1) is 17.2. The molecule has 0 atom stereocenters. The predicted molar refractivity (Wildman–Crippen MR) is 136 cm³/mol. The third-order valence-corrected chi connectivity index (χ3v) is 5.80. The van der Waals surface area contributed by atoms with Gasteiger partial charge in [0.15, 0.2) is 17.1 Å². The van der Waals surface area contributed by atoms with Gasteiger partial charge in [0.2, 0.25) is 0 Å². The van der Waals surface area contributed by atoms with Crippen molar-refractivity contribution in [3.8, 4) is 33.9 Å². The maximum absolute atomic E-state index is 4.72. The molecule has 0 aromatic carbocycles. The van der Waals surface area contributed by atoms with E-state index in [9.17, 15) is 0 Å². The third kappa shape index (κ3) is 3.78. The molecule has 170 valence electrons. The van der Waals surface area contributed by atoms with E-state index in [1.54, 1.807) is 24.8 Å². The normalized spacial score (nSPS) is 11.2. The average Bonchev–Trinajstić information content (AvgIpc) is 3.53.